The number of aliphatic imine (C=N–C) groups is 1. The highest BCUT2D eigenvalue weighted by atomic mass is 32.1. The van der Waals surface area contributed by atoms with Gasteiger partial charge in [-0.15, -0.1) is 11.3 Å². The van der Waals surface area contributed by atoms with Crippen molar-refractivity contribution in [2.24, 2.45) is 4.99 Å². The maximum absolute atomic E-state index is 14.9. The summed E-state index contributed by atoms with van der Waals surface area (Å²) in [4.78, 5) is 49.2. The number of amides is 3. The molecule has 13 heteroatoms. The van der Waals surface area contributed by atoms with Gasteiger partial charge in [0.15, 0.2) is 11.6 Å². The lowest BCUT2D eigenvalue weighted by Crippen LogP contribution is -2.49. The number of carbonyl (C=O) groups is 3. The molecule has 3 aromatic rings. The summed E-state index contributed by atoms with van der Waals surface area (Å²) in [6.45, 7) is 6.38. The average molecular weight is 609 g/mol. The van der Waals surface area contributed by atoms with Crippen LogP contribution in [0.4, 0.5) is 14.9 Å². The van der Waals surface area contributed by atoms with Gasteiger partial charge in [-0.25, -0.2) is 9.18 Å². The Morgan fingerprint density at radius 1 is 1.14 bits per heavy atom. The molecular formula is C30H33FN6O5S. The van der Waals surface area contributed by atoms with Crippen LogP contribution < -0.4 is 15.4 Å². The monoisotopic (exact) mass is 608 g/mol. The van der Waals surface area contributed by atoms with Crippen LogP contribution in [0.1, 0.15) is 38.0 Å². The first-order valence-electron chi connectivity index (χ1n) is 14.0. The predicted octanol–water partition coefficient (Wildman–Crippen LogP) is 4.84. The topological polar surface area (TPSA) is 136 Å². The van der Waals surface area contributed by atoms with Crippen LogP contribution in [0.25, 0.3) is 10.2 Å². The number of urea groups is 1. The molecular weight excluding hydrogens is 575 g/mol. The van der Waals surface area contributed by atoms with E-state index in [0.29, 0.717) is 61.0 Å². The molecule has 0 unspecified atom stereocenters. The molecule has 11 nitrogen and oxygen atoms in total. The van der Waals surface area contributed by atoms with Gasteiger partial charge >= 0.3 is 12.0 Å². The van der Waals surface area contributed by atoms with E-state index in [-0.39, 0.29) is 30.2 Å². The van der Waals surface area contributed by atoms with Gasteiger partial charge in [0.2, 0.25) is 0 Å². The Labute approximate surface area is 252 Å². The van der Waals surface area contributed by atoms with Crippen LogP contribution in [-0.4, -0.2) is 82.3 Å². The van der Waals surface area contributed by atoms with Gasteiger partial charge < -0.3 is 25.4 Å². The van der Waals surface area contributed by atoms with Crippen molar-refractivity contribution in [2.45, 2.75) is 39.2 Å². The Kier molecular flexibility index (Phi) is 9.31. The second-order valence-electron chi connectivity index (χ2n) is 10.6. The van der Waals surface area contributed by atoms with E-state index in [1.807, 2.05) is 17.9 Å². The van der Waals surface area contributed by atoms with Gasteiger partial charge in [0.05, 0.1) is 27.2 Å². The number of carboxylic acid groups (broad SMARTS) is 1. The highest BCUT2D eigenvalue weighted by Crippen LogP contribution is 2.36. The Bertz CT molecular complexity index is 1590. The van der Waals surface area contributed by atoms with E-state index in [1.54, 1.807) is 36.4 Å². The lowest BCUT2D eigenvalue weighted by molar-refractivity contribution is -0.138. The first kappa shape index (κ1) is 30.1. The molecule has 0 atom stereocenters. The molecule has 3 heterocycles. The molecule has 1 saturated carbocycles. The van der Waals surface area contributed by atoms with Crippen LogP contribution in [0.5, 0.6) is 11.5 Å². The third-order valence-electron chi connectivity index (χ3n) is 7.15. The number of fused-ring (bicyclic) bond motifs is 1. The van der Waals surface area contributed by atoms with Crippen LogP contribution in [0.3, 0.4) is 0 Å². The summed E-state index contributed by atoms with van der Waals surface area (Å²) >= 11 is 1.40. The first-order chi connectivity index (χ1) is 20.7. The molecule has 1 aliphatic carbocycles. The molecule has 2 fully saturated rings. The highest BCUT2D eigenvalue weighted by molar-refractivity contribution is 7.21. The number of aromatic nitrogens is 1. The lowest BCUT2D eigenvalue weighted by atomic mass is 10.2. The van der Waals surface area contributed by atoms with Crippen LogP contribution >= 0.6 is 11.3 Å². The number of rotatable bonds is 10. The smallest absolute Gasteiger partial charge is 0.319 e. The van der Waals surface area contributed by atoms with Gasteiger partial charge in [-0.2, -0.15) is 0 Å². The number of carbonyl (C=O) groups excluding carboxylic acids is 2. The fourth-order valence-corrected chi connectivity index (χ4v) is 5.54. The number of hydrogen-bond donors (Lipinski definition) is 3. The Morgan fingerprint density at radius 3 is 2.60 bits per heavy atom. The maximum Gasteiger partial charge on any atom is 0.319 e. The zero-order chi connectivity index (χ0) is 30.5. The molecule has 0 bridgehead atoms. The van der Waals surface area contributed by atoms with Gasteiger partial charge in [0.1, 0.15) is 5.75 Å². The number of nitrogens with one attached hydrogen (secondary N) is 2. The first-order valence-corrected chi connectivity index (χ1v) is 14.9. The normalized spacial score (nSPS) is 16.3. The molecule has 1 saturated heterocycles. The number of aliphatic carboxylic acids is 1. The largest absolute Gasteiger partial charge is 0.481 e. The number of nitrogens with zero attached hydrogens (tertiary/aromatic N) is 4. The molecule has 2 aromatic heterocycles. The van der Waals surface area contributed by atoms with E-state index in [4.69, 9.17) is 9.84 Å². The van der Waals surface area contributed by atoms with Gasteiger partial charge in [0.25, 0.3) is 5.91 Å². The fraction of sp³-hybridized carbons (Fsp3) is 0.367. The van der Waals surface area contributed by atoms with E-state index in [2.05, 4.69) is 20.6 Å². The second kappa shape index (κ2) is 13.3. The van der Waals surface area contributed by atoms with Crippen molar-refractivity contribution in [1.29, 1.82) is 0 Å². The second-order valence-corrected chi connectivity index (χ2v) is 11.6. The Morgan fingerprint density at radius 2 is 1.91 bits per heavy atom. The molecule has 1 aliphatic heterocycles. The zero-order valence-electron chi connectivity index (χ0n) is 23.9. The maximum atomic E-state index is 14.9. The van der Waals surface area contributed by atoms with Crippen molar-refractivity contribution in [3.8, 4) is 11.5 Å². The number of ether oxygens (including phenoxy) is 1. The number of halogens is 1. The lowest BCUT2D eigenvalue weighted by Gasteiger charge is -2.34. The third-order valence-corrected chi connectivity index (χ3v) is 8.39. The minimum Gasteiger partial charge on any atom is -0.481 e. The molecule has 3 N–H and O–H groups in total. The highest BCUT2D eigenvalue weighted by Gasteiger charge is 2.24. The van der Waals surface area contributed by atoms with E-state index in [9.17, 15) is 18.8 Å². The number of piperazine rings is 1. The van der Waals surface area contributed by atoms with Crippen LogP contribution in [-0.2, 0) is 9.59 Å². The molecule has 1 aromatic carbocycles. The van der Waals surface area contributed by atoms with Crippen molar-refractivity contribution in [3.05, 3.63) is 59.0 Å². The van der Waals surface area contributed by atoms with E-state index in [0.717, 1.165) is 22.4 Å². The minimum absolute atomic E-state index is 0.0146. The number of benzene rings is 1. The van der Waals surface area contributed by atoms with E-state index >= 15 is 0 Å². The molecule has 2 aliphatic rings. The predicted molar refractivity (Wildman–Crippen MR) is 163 cm³/mol. The molecule has 5 rings (SSSR count). The van der Waals surface area contributed by atoms with Gasteiger partial charge in [-0.05, 0) is 44.9 Å². The number of hydrogen-bond acceptors (Lipinski definition) is 8. The summed E-state index contributed by atoms with van der Waals surface area (Å²) < 4.78 is 21.5. The van der Waals surface area contributed by atoms with E-state index in [1.165, 1.54) is 23.5 Å². The Balaban J connectivity index is 1.23. The third kappa shape index (κ3) is 7.93. The van der Waals surface area contributed by atoms with Crippen molar-refractivity contribution in [1.82, 2.24) is 20.1 Å². The summed E-state index contributed by atoms with van der Waals surface area (Å²) in [5.41, 5.74) is 2.18. The number of pyridine rings is 1. The summed E-state index contributed by atoms with van der Waals surface area (Å²) in [5.74, 6) is -1.09. The van der Waals surface area contributed by atoms with Gasteiger partial charge in [-0.1, -0.05) is 0 Å². The fourth-order valence-electron chi connectivity index (χ4n) is 4.52. The summed E-state index contributed by atoms with van der Waals surface area (Å²) in [6.07, 6.45) is 5.14. The number of thiophene rings is 1. The summed E-state index contributed by atoms with van der Waals surface area (Å²) in [5, 5.41) is 14.3. The quantitative estimate of drug-likeness (QED) is 0.221. The van der Waals surface area contributed by atoms with Gasteiger partial charge in [-0.3, -0.25) is 24.5 Å². The molecule has 43 heavy (non-hydrogen) atoms. The number of anilines is 1. The van der Waals surface area contributed by atoms with Crippen molar-refractivity contribution < 1.29 is 28.6 Å². The molecule has 0 spiro atoms. The van der Waals surface area contributed by atoms with Crippen molar-refractivity contribution in [3.63, 3.8) is 0 Å². The summed E-state index contributed by atoms with van der Waals surface area (Å²) in [6, 6.07) is 7.62. The van der Waals surface area contributed by atoms with Crippen LogP contribution in [0.15, 0.2) is 53.3 Å². The SMILES string of the molecule is CC(=N/C=C(\C)C(=O)N1CCN(CCC(=O)O)CC1)c1cc2nccc(Oc3ccc(NC(=O)NC4CC4)cc3F)c2s1. The molecule has 3 amide bonds. The summed E-state index contributed by atoms with van der Waals surface area (Å²) in [7, 11) is 0. The van der Waals surface area contributed by atoms with Crippen molar-refractivity contribution >= 4 is 50.9 Å². The van der Waals surface area contributed by atoms with Gasteiger partial charge in [0, 0.05) is 74.6 Å². The number of carboxylic acids is 1. The minimum atomic E-state index is -0.827. The average Bonchev–Trinajstić information content (AvgIpc) is 3.69. The van der Waals surface area contributed by atoms with Crippen LogP contribution in [0.2, 0.25) is 0 Å². The molecule has 226 valence electrons. The Hall–Kier alpha value is -4.36. The van der Waals surface area contributed by atoms with E-state index < -0.39 is 11.8 Å². The molecule has 0 radical (unpaired) electrons. The standard InChI is InChI=1S/C30H33FN6O5S/c1-18(29(40)37-13-11-36(12-14-37)10-8-27(38)39)17-33-19(2)26-16-23-28(43-26)25(7-9-32-23)42-24-6-5-21(15-22(24)31)35-30(41)34-20-3-4-20/h5-7,9,15-17,20H,3-4,8,10-14H2,1-2H3,(H,38,39)(H2,34,35,41)/b18-17+,33-19?. The van der Waals surface area contributed by atoms with Crippen molar-refractivity contribution in [2.75, 3.05) is 38.0 Å². The van der Waals surface area contributed by atoms with Crippen LogP contribution in [0, 0.1) is 5.82 Å². The zero-order valence-corrected chi connectivity index (χ0v) is 24.7.